The monoisotopic (exact) mass is 283 g/mol. The summed E-state index contributed by atoms with van der Waals surface area (Å²) in [5, 5.41) is 2.11. The van der Waals surface area contributed by atoms with Crippen LogP contribution in [0.3, 0.4) is 0 Å². The number of likely N-dealkylation sites (tertiary alicyclic amines) is 1. The molecule has 110 valence electrons. The fourth-order valence-electron chi connectivity index (χ4n) is 2.99. The minimum Gasteiger partial charge on any atom is -0.398 e. The largest absolute Gasteiger partial charge is 0.398 e. The Morgan fingerprint density at radius 1 is 1.14 bits per heavy atom. The van der Waals surface area contributed by atoms with Crippen molar-refractivity contribution in [1.82, 2.24) is 4.90 Å². The van der Waals surface area contributed by atoms with Gasteiger partial charge in [-0.2, -0.15) is 0 Å². The summed E-state index contributed by atoms with van der Waals surface area (Å²) in [5.74, 6) is 0.580. The first-order valence-electron chi connectivity index (χ1n) is 7.46. The number of piperidine rings is 1. The van der Waals surface area contributed by atoms with E-state index in [9.17, 15) is 4.79 Å². The van der Waals surface area contributed by atoms with E-state index in [0.717, 1.165) is 36.7 Å². The van der Waals surface area contributed by atoms with Crippen LogP contribution in [-0.2, 0) is 0 Å². The molecule has 1 amide bonds. The average Bonchev–Trinajstić information content (AvgIpc) is 2.53. The molecule has 1 saturated heterocycles. The molecule has 1 aliphatic heterocycles. The SMILES string of the molecule is NCC1CCN(C(=O)c2cc3ccccc3cc2N)CC1. The normalized spacial score (nSPS) is 16.3. The molecule has 0 spiro atoms. The first kappa shape index (κ1) is 13.9. The van der Waals surface area contributed by atoms with Gasteiger partial charge in [0.25, 0.3) is 5.91 Å². The van der Waals surface area contributed by atoms with E-state index in [1.807, 2.05) is 41.3 Å². The lowest BCUT2D eigenvalue weighted by molar-refractivity contribution is 0.0694. The van der Waals surface area contributed by atoms with E-state index in [1.165, 1.54) is 0 Å². The Morgan fingerprint density at radius 2 is 1.76 bits per heavy atom. The van der Waals surface area contributed by atoms with Crippen LogP contribution >= 0.6 is 0 Å². The molecular weight excluding hydrogens is 262 g/mol. The van der Waals surface area contributed by atoms with Crippen LogP contribution in [0.4, 0.5) is 5.69 Å². The Morgan fingerprint density at radius 3 is 2.38 bits per heavy atom. The maximum absolute atomic E-state index is 12.7. The third-order valence-electron chi connectivity index (χ3n) is 4.38. The van der Waals surface area contributed by atoms with Gasteiger partial charge in [-0.1, -0.05) is 24.3 Å². The number of hydrogen-bond donors (Lipinski definition) is 2. The molecule has 0 aromatic heterocycles. The van der Waals surface area contributed by atoms with Crippen molar-refractivity contribution in [1.29, 1.82) is 0 Å². The van der Waals surface area contributed by atoms with Gasteiger partial charge in [-0.05, 0) is 48.2 Å². The topological polar surface area (TPSA) is 72.3 Å². The molecule has 21 heavy (non-hydrogen) atoms. The third kappa shape index (κ3) is 2.72. The number of carbonyl (C=O) groups is 1. The van der Waals surface area contributed by atoms with E-state index >= 15 is 0 Å². The first-order valence-corrected chi connectivity index (χ1v) is 7.46. The maximum Gasteiger partial charge on any atom is 0.255 e. The lowest BCUT2D eigenvalue weighted by Crippen LogP contribution is -2.40. The number of carbonyl (C=O) groups excluding carboxylic acids is 1. The van der Waals surface area contributed by atoms with Gasteiger partial charge in [-0.15, -0.1) is 0 Å². The second-order valence-electron chi connectivity index (χ2n) is 5.76. The van der Waals surface area contributed by atoms with Crippen molar-refractivity contribution in [3.63, 3.8) is 0 Å². The fraction of sp³-hybridized carbons (Fsp3) is 0.353. The maximum atomic E-state index is 12.7. The van der Waals surface area contributed by atoms with Gasteiger partial charge in [0.15, 0.2) is 0 Å². The second kappa shape index (κ2) is 5.74. The Hall–Kier alpha value is -2.07. The van der Waals surface area contributed by atoms with Gasteiger partial charge >= 0.3 is 0 Å². The number of nitrogens with zero attached hydrogens (tertiary/aromatic N) is 1. The predicted octanol–water partition coefficient (Wildman–Crippen LogP) is 2.23. The van der Waals surface area contributed by atoms with Crippen molar-refractivity contribution in [3.8, 4) is 0 Å². The van der Waals surface area contributed by atoms with Crippen LogP contribution in [0.2, 0.25) is 0 Å². The highest BCUT2D eigenvalue weighted by molar-refractivity contribution is 6.03. The van der Waals surface area contributed by atoms with Crippen molar-refractivity contribution in [2.75, 3.05) is 25.4 Å². The summed E-state index contributed by atoms with van der Waals surface area (Å²) in [6.07, 6.45) is 1.96. The average molecular weight is 283 g/mol. The molecule has 1 heterocycles. The molecule has 3 rings (SSSR count). The highest BCUT2D eigenvalue weighted by Gasteiger charge is 2.24. The Kier molecular flexibility index (Phi) is 3.80. The number of nitrogens with two attached hydrogens (primary N) is 2. The van der Waals surface area contributed by atoms with Gasteiger partial charge in [-0.3, -0.25) is 4.79 Å². The highest BCUT2D eigenvalue weighted by atomic mass is 16.2. The van der Waals surface area contributed by atoms with Crippen LogP contribution < -0.4 is 11.5 Å². The smallest absolute Gasteiger partial charge is 0.255 e. The van der Waals surface area contributed by atoms with E-state index in [-0.39, 0.29) is 5.91 Å². The summed E-state index contributed by atoms with van der Waals surface area (Å²) >= 11 is 0. The number of anilines is 1. The molecule has 0 bridgehead atoms. The number of hydrogen-bond acceptors (Lipinski definition) is 3. The van der Waals surface area contributed by atoms with E-state index in [1.54, 1.807) is 0 Å². The number of nitrogen functional groups attached to an aromatic ring is 1. The van der Waals surface area contributed by atoms with Crippen molar-refractivity contribution < 1.29 is 4.79 Å². The zero-order chi connectivity index (χ0) is 14.8. The molecule has 0 unspecified atom stereocenters. The molecule has 0 radical (unpaired) electrons. The van der Waals surface area contributed by atoms with Crippen LogP contribution in [0, 0.1) is 5.92 Å². The van der Waals surface area contributed by atoms with Gasteiger partial charge in [-0.25, -0.2) is 0 Å². The summed E-state index contributed by atoms with van der Waals surface area (Å²) in [7, 11) is 0. The quantitative estimate of drug-likeness (QED) is 0.830. The molecule has 1 fully saturated rings. The molecule has 4 heteroatoms. The van der Waals surface area contributed by atoms with Gasteiger partial charge in [0.05, 0.1) is 5.56 Å². The van der Waals surface area contributed by atoms with Crippen molar-refractivity contribution in [3.05, 3.63) is 42.0 Å². The van der Waals surface area contributed by atoms with Crippen LogP contribution in [0.25, 0.3) is 10.8 Å². The number of rotatable bonds is 2. The van der Waals surface area contributed by atoms with Gasteiger partial charge in [0.1, 0.15) is 0 Å². The van der Waals surface area contributed by atoms with Crippen LogP contribution in [0.1, 0.15) is 23.2 Å². The van der Waals surface area contributed by atoms with Gasteiger partial charge < -0.3 is 16.4 Å². The lowest BCUT2D eigenvalue weighted by atomic mass is 9.96. The van der Waals surface area contributed by atoms with Gasteiger partial charge in [0.2, 0.25) is 0 Å². The molecule has 4 nitrogen and oxygen atoms in total. The fourth-order valence-corrected chi connectivity index (χ4v) is 2.99. The van der Waals surface area contributed by atoms with Crippen LogP contribution in [-0.4, -0.2) is 30.4 Å². The zero-order valence-electron chi connectivity index (χ0n) is 12.1. The number of fused-ring (bicyclic) bond motifs is 1. The standard InChI is InChI=1S/C17H21N3O/c18-11-12-5-7-20(8-6-12)17(21)15-9-13-3-1-2-4-14(13)10-16(15)19/h1-4,9-10,12H,5-8,11,18-19H2. The Bertz CT molecular complexity index is 660. The van der Waals surface area contributed by atoms with Crippen LogP contribution in [0.15, 0.2) is 36.4 Å². The first-order chi connectivity index (χ1) is 10.2. The minimum atomic E-state index is 0.0359. The number of amides is 1. The molecule has 0 aliphatic carbocycles. The van der Waals surface area contributed by atoms with E-state index in [2.05, 4.69) is 0 Å². The lowest BCUT2D eigenvalue weighted by Gasteiger charge is -2.31. The highest BCUT2D eigenvalue weighted by Crippen LogP contribution is 2.25. The molecule has 4 N–H and O–H groups in total. The van der Waals surface area contributed by atoms with Crippen molar-refractivity contribution >= 4 is 22.4 Å². The van der Waals surface area contributed by atoms with Crippen molar-refractivity contribution in [2.24, 2.45) is 11.7 Å². The number of benzene rings is 2. The van der Waals surface area contributed by atoms with Crippen LogP contribution in [0.5, 0.6) is 0 Å². The summed E-state index contributed by atoms with van der Waals surface area (Å²) in [6, 6.07) is 11.7. The summed E-state index contributed by atoms with van der Waals surface area (Å²) in [6.45, 7) is 2.25. The minimum absolute atomic E-state index is 0.0359. The Labute approximate surface area is 124 Å². The van der Waals surface area contributed by atoms with E-state index < -0.39 is 0 Å². The molecule has 2 aromatic rings. The van der Waals surface area contributed by atoms with E-state index in [4.69, 9.17) is 11.5 Å². The third-order valence-corrected chi connectivity index (χ3v) is 4.38. The molecule has 0 atom stereocenters. The second-order valence-corrected chi connectivity index (χ2v) is 5.76. The summed E-state index contributed by atoms with van der Waals surface area (Å²) in [4.78, 5) is 14.6. The molecule has 2 aromatic carbocycles. The predicted molar refractivity (Wildman–Crippen MR) is 86.0 cm³/mol. The van der Waals surface area contributed by atoms with Gasteiger partial charge in [0, 0.05) is 18.8 Å². The zero-order valence-corrected chi connectivity index (χ0v) is 12.1. The van der Waals surface area contributed by atoms with Crippen molar-refractivity contribution in [2.45, 2.75) is 12.8 Å². The van der Waals surface area contributed by atoms with E-state index in [0.29, 0.717) is 23.7 Å². The summed E-state index contributed by atoms with van der Waals surface area (Å²) in [5.41, 5.74) is 12.9. The molecule has 0 saturated carbocycles. The molecule has 1 aliphatic rings. The summed E-state index contributed by atoms with van der Waals surface area (Å²) < 4.78 is 0. The Balaban J connectivity index is 1.86. The molecular formula is C17H21N3O.